The third kappa shape index (κ3) is 2.21. The standard InChI is InChI=1S/C20H24N2O/c1-3-14-8-11-20(23)22-13-12-16-15-6-4-5-7-18(15)21(2)19(16)10-9-17(14)22/h4-7,9-10,14,17H,3,8,11-13H2,1-2H3/b10-9-/t14-,17+/m1/s1. The lowest BCUT2D eigenvalue weighted by molar-refractivity contribution is -0.137. The molecule has 4 rings (SSSR count). The zero-order valence-corrected chi connectivity index (χ0v) is 14.0. The van der Waals surface area contributed by atoms with E-state index < -0.39 is 0 Å². The molecule has 0 spiro atoms. The van der Waals surface area contributed by atoms with E-state index in [9.17, 15) is 4.79 Å². The first kappa shape index (κ1) is 14.6. The third-order valence-corrected chi connectivity index (χ3v) is 5.73. The van der Waals surface area contributed by atoms with E-state index in [2.05, 4.69) is 59.9 Å². The molecule has 2 atom stereocenters. The number of hydrogen-bond acceptors (Lipinski definition) is 1. The van der Waals surface area contributed by atoms with Crippen molar-refractivity contribution in [1.82, 2.24) is 9.47 Å². The Bertz CT molecular complexity index is 786. The van der Waals surface area contributed by atoms with E-state index in [1.807, 2.05) is 0 Å². The lowest BCUT2D eigenvalue weighted by atomic mass is 9.85. The number of nitrogens with zero attached hydrogens (tertiary/aromatic N) is 2. The van der Waals surface area contributed by atoms with Gasteiger partial charge >= 0.3 is 0 Å². The number of piperidine rings is 1. The van der Waals surface area contributed by atoms with E-state index >= 15 is 0 Å². The van der Waals surface area contributed by atoms with Crippen molar-refractivity contribution in [1.29, 1.82) is 0 Å². The van der Waals surface area contributed by atoms with Crippen LogP contribution in [0.25, 0.3) is 17.0 Å². The number of para-hydroxylation sites is 1. The normalized spacial score (nSPS) is 25.7. The van der Waals surface area contributed by atoms with Crippen molar-refractivity contribution in [2.45, 2.75) is 38.6 Å². The van der Waals surface area contributed by atoms with E-state index in [0.29, 0.717) is 18.2 Å². The van der Waals surface area contributed by atoms with Crippen molar-refractivity contribution in [2.75, 3.05) is 6.54 Å². The lowest BCUT2D eigenvalue weighted by Gasteiger charge is -2.40. The van der Waals surface area contributed by atoms with Crippen LogP contribution in [0.15, 0.2) is 30.3 Å². The Hall–Kier alpha value is -2.03. The van der Waals surface area contributed by atoms with Gasteiger partial charge in [0.25, 0.3) is 0 Å². The summed E-state index contributed by atoms with van der Waals surface area (Å²) in [6.45, 7) is 3.08. The van der Waals surface area contributed by atoms with Crippen LogP contribution < -0.4 is 0 Å². The molecule has 2 aliphatic heterocycles. The Labute approximate surface area is 137 Å². The maximum Gasteiger partial charge on any atom is 0.223 e. The first-order chi connectivity index (χ1) is 11.2. The average molecular weight is 308 g/mol. The maximum atomic E-state index is 12.4. The maximum absolute atomic E-state index is 12.4. The van der Waals surface area contributed by atoms with E-state index in [0.717, 1.165) is 25.8 Å². The Morgan fingerprint density at radius 2 is 2.04 bits per heavy atom. The minimum Gasteiger partial charge on any atom is -0.344 e. The molecule has 23 heavy (non-hydrogen) atoms. The highest BCUT2D eigenvalue weighted by molar-refractivity contribution is 5.88. The van der Waals surface area contributed by atoms with E-state index in [-0.39, 0.29) is 6.04 Å². The Morgan fingerprint density at radius 1 is 1.22 bits per heavy atom. The minimum absolute atomic E-state index is 0.271. The van der Waals surface area contributed by atoms with E-state index in [4.69, 9.17) is 0 Å². The zero-order valence-electron chi connectivity index (χ0n) is 14.0. The molecule has 1 fully saturated rings. The highest BCUT2D eigenvalue weighted by Gasteiger charge is 2.34. The Morgan fingerprint density at radius 3 is 2.87 bits per heavy atom. The second kappa shape index (κ2) is 5.55. The minimum atomic E-state index is 0.271. The molecule has 120 valence electrons. The van der Waals surface area contributed by atoms with Crippen LogP contribution in [-0.4, -0.2) is 28.0 Å². The number of carbonyl (C=O) groups is 1. The van der Waals surface area contributed by atoms with Crippen LogP contribution >= 0.6 is 0 Å². The fraction of sp³-hybridized carbons (Fsp3) is 0.450. The molecule has 1 saturated heterocycles. The van der Waals surface area contributed by atoms with E-state index in [1.54, 1.807) is 0 Å². The van der Waals surface area contributed by atoms with Gasteiger partial charge in [-0.3, -0.25) is 4.79 Å². The molecule has 0 saturated carbocycles. The predicted octanol–water partition coefficient (Wildman–Crippen LogP) is 3.76. The molecule has 2 aromatic rings. The summed E-state index contributed by atoms with van der Waals surface area (Å²) in [6, 6.07) is 8.86. The van der Waals surface area contributed by atoms with Crippen molar-refractivity contribution in [2.24, 2.45) is 13.0 Å². The van der Waals surface area contributed by atoms with Crippen molar-refractivity contribution in [3.05, 3.63) is 41.6 Å². The van der Waals surface area contributed by atoms with Gasteiger partial charge in [-0.05, 0) is 36.5 Å². The molecule has 0 bridgehead atoms. The Balaban J connectivity index is 1.83. The van der Waals surface area contributed by atoms with E-state index in [1.165, 1.54) is 22.2 Å². The van der Waals surface area contributed by atoms with Gasteiger partial charge in [0.15, 0.2) is 0 Å². The van der Waals surface area contributed by atoms with Gasteiger partial charge in [0.2, 0.25) is 5.91 Å². The Kier molecular flexibility index (Phi) is 3.51. The first-order valence-corrected chi connectivity index (χ1v) is 8.74. The summed E-state index contributed by atoms with van der Waals surface area (Å²) in [5.74, 6) is 0.924. The second-order valence-corrected chi connectivity index (χ2v) is 6.83. The van der Waals surface area contributed by atoms with Crippen LogP contribution in [-0.2, 0) is 18.3 Å². The van der Waals surface area contributed by atoms with Gasteiger partial charge in [-0.2, -0.15) is 0 Å². The summed E-state index contributed by atoms with van der Waals surface area (Å²) in [7, 11) is 2.15. The third-order valence-electron chi connectivity index (χ3n) is 5.73. The molecule has 3 heteroatoms. The predicted molar refractivity (Wildman–Crippen MR) is 94.2 cm³/mol. The van der Waals surface area contributed by atoms with Gasteiger partial charge in [0.1, 0.15) is 0 Å². The molecule has 3 heterocycles. The fourth-order valence-electron chi connectivity index (χ4n) is 4.41. The SMILES string of the molecule is CC[C@@H]1CCC(=O)N2CCc3c(n(C)c4ccccc34)/C=C\[C@@H]12. The summed E-state index contributed by atoms with van der Waals surface area (Å²) in [6.07, 6.45) is 8.37. The molecular weight excluding hydrogens is 284 g/mol. The molecule has 0 aliphatic carbocycles. The van der Waals surface area contributed by atoms with Crippen LogP contribution in [0.4, 0.5) is 0 Å². The van der Waals surface area contributed by atoms with Crippen LogP contribution in [0, 0.1) is 5.92 Å². The number of aromatic nitrogens is 1. The molecule has 3 nitrogen and oxygen atoms in total. The summed E-state index contributed by atoms with van der Waals surface area (Å²) in [5, 5.41) is 1.32. The van der Waals surface area contributed by atoms with Crippen LogP contribution in [0.3, 0.4) is 0 Å². The van der Waals surface area contributed by atoms with Gasteiger partial charge in [0, 0.05) is 36.6 Å². The molecule has 1 amide bonds. The smallest absolute Gasteiger partial charge is 0.223 e. The first-order valence-electron chi connectivity index (χ1n) is 8.74. The van der Waals surface area contributed by atoms with Crippen molar-refractivity contribution in [3.8, 4) is 0 Å². The molecule has 0 N–H and O–H groups in total. The number of benzene rings is 1. The number of rotatable bonds is 1. The van der Waals surface area contributed by atoms with Crippen LogP contribution in [0.1, 0.15) is 37.4 Å². The zero-order chi connectivity index (χ0) is 16.0. The van der Waals surface area contributed by atoms with Gasteiger partial charge in [-0.15, -0.1) is 0 Å². The fourth-order valence-corrected chi connectivity index (χ4v) is 4.41. The van der Waals surface area contributed by atoms with Gasteiger partial charge < -0.3 is 9.47 Å². The van der Waals surface area contributed by atoms with Crippen LogP contribution in [0.5, 0.6) is 0 Å². The second-order valence-electron chi connectivity index (χ2n) is 6.83. The van der Waals surface area contributed by atoms with Crippen molar-refractivity contribution >= 4 is 22.9 Å². The molecule has 1 aromatic carbocycles. The molecular formula is C20H24N2O. The molecule has 2 aliphatic rings. The van der Waals surface area contributed by atoms with Gasteiger partial charge in [0.05, 0.1) is 6.04 Å². The monoisotopic (exact) mass is 308 g/mol. The highest BCUT2D eigenvalue weighted by atomic mass is 16.2. The van der Waals surface area contributed by atoms with Crippen molar-refractivity contribution < 1.29 is 4.79 Å². The molecule has 0 radical (unpaired) electrons. The van der Waals surface area contributed by atoms with Gasteiger partial charge in [-0.1, -0.05) is 37.6 Å². The average Bonchev–Trinajstić information content (AvgIpc) is 2.81. The van der Waals surface area contributed by atoms with Gasteiger partial charge in [-0.25, -0.2) is 0 Å². The topological polar surface area (TPSA) is 25.2 Å². The summed E-state index contributed by atoms with van der Waals surface area (Å²) in [4.78, 5) is 14.5. The number of carbonyl (C=O) groups excluding carboxylic acids is 1. The highest BCUT2D eigenvalue weighted by Crippen LogP contribution is 2.33. The number of aryl methyl sites for hydroxylation is 1. The largest absolute Gasteiger partial charge is 0.344 e. The molecule has 1 aromatic heterocycles. The summed E-state index contributed by atoms with van der Waals surface area (Å²) >= 11 is 0. The summed E-state index contributed by atoms with van der Waals surface area (Å²) < 4.78 is 2.29. The molecule has 0 unspecified atom stereocenters. The number of amides is 1. The van der Waals surface area contributed by atoms with Crippen molar-refractivity contribution in [3.63, 3.8) is 0 Å². The summed E-state index contributed by atoms with van der Waals surface area (Å²) in [5.41, 5.74) is 3.96. The quantitative estimate of drug-likeness (QED) is 0.787. The number of fused-ring (bicyclic) bond motifs is 4. The number of hydrogen-bond donors (Lipinski definition) is 0. The van der Waals surface area contributed by atoms with Crippen LogP contribution in [0.2, 0.25) is 0 Å². The lowest BCUT2D eigenvalue weighted by Crippen LogP contribution is -2.48.